The van der Waals surface area contributed by atoms with Gasteiger partial charge in [-0.25, -0.2) is 4.79 Å². The Morgan fingerprint density at radius 3 is 2.58 bits per heavy atom. The molecule has 0 radical (unpaired) electrons. The van der Waals surface area contributed by atoms with Crippen molar-refractivity contribution in [1.29, 1.82) is 0 Å². The molecule has 1 atom stereocenters. The number of carbonyl (C=O) groups is 1. The molecule has 1 aromatic rings. The van der Waals surface area contributed by atoms with E-state index in [2.05, 4.69) is 5.32 Å². The summed E-state index contributed by atoms with van der Waals surface area (Å²) in [5.74, 6) is 0. The van der Waals surface area contributed by atoms with Gasteiger partial charge in [0.05, 0.1) is 6.04 Å². The molecule has 0 aromatic carbocycles. The number of hydrogen-bond donors (Lipinski definition) is 2. The second kappa shape index (κ2) is 6.76. The number of likely N-dealkylation sites (N-methyl/N-ethyl adjacent to an activating group) is 1. The number of alkyl halides is 3. The molecule has 0 aliphatic rings. The standard InChI is InChI=1S/C11H16F3N3OS/c1-17(2)8(9-4-3-5-19-9)6-15-10(18)16-7-11(12,13)14/h3-5,8H,6-7H2,1-2H3,(H2,15,16,18). The predicted octanol–water partition coefficient (Wildman–Crippen LogP) is 2.21. The Labute approximate surface area is 113 Å². The summed E-state index contributed by atoms with van der Waals surface area (Å²) in [6.07, 6.45) is -4.40. The summed E-state index contributed by atoms with van der Waals surface area (Å²) in [7, 11) is 3.69. The molecule has 0 saturated carbocycles. The maximum Gasteiger partial charge on any atom is 0.405 e. The minimum Gasteiger partial charge on any atom is -0.336 e. The SMILES string of the molecule is CN(C)C(CNC(=O)NCC(F)(F)F)c1cccs1. The van der Waals surface area contributed by atoms with Crippen molar-refractivity contribution < 1.29 is 18.0 Å². The second-order valence-electron chi connectivity index (χ2n) is 4.17. The zero-order valence-electron chi connectivity index (χ0n) is 10.6. The molecule has 2 N–H and O–H groups in total. The Balaban J connectivity index is 2.43. The molecular formula is C11H16F3N3OS. The van der Waals surface area contributed by atoms with E-state index in [0.717, 1.165) is 4.88 Å². The third kappa shape index (κ3) is 5.93. The summed E-state index contributed by atoms with van der Waals surface area (Å²) < 4.78 is 35.8. The number of amides is 2. The smallest absolute Gasteiger partial charge is 0.336 e. The largest absolute Gasteiger partial charge is 0.405 e. The summed E-state index contributed by atoms with van der Waals surface area (Å²) in [6, 6.07) is 2.93. The Morgan fingerprint density at radius 2 is 2.11 bits per heavy atom. The Morgan fingerprint density at radius 1 is 1.42 bits per heavy atom. The molecule has 0 bridgehead atoms. The van der Waals surface area contributed by atoms with Gasteiger partial charge in [-0.1, -0.05) is 6.07 Å². The Bertz CT molecular complexity index is 392. The first-order valence-electron chi connectivity index (χ1n) is 5.58. The van der Waals surface area contributed by atoms with Crippen LogP contribution in [0.5, 0.6) is 0 Å². The van der Waals surface area contributed by atoms with Gasteiger partial charge >= 0.3 is 12.2 Å². The van der Waals surface area contributed by atoms with E-state index in [9.17, 15) is 18.0 Å². The highest BCUT2D eigenvalue weighted by atomic mass is 32.1. The molecule has 2 amide bonds. The lowest BCUT2D eigenvalue weighted by Gasteiger charge is -2.23. The lowest BCUT2D eigenvalue weighted by atomic mass is 10.2. The topological polar surface area (TPSA) is 44.4 Å². The van der Waals surface area contributed by atoms with Crippen molar-refractivity contribution in [3.05, 3.63) is 22.4 Å². The highest BCUT2D eigenvalue weighted by Gasteiger charge is 2.27. The quantitative estimate of drug-likeness (QED) is 0.875. The number of carbonyl (C=O) groups excluding carboxylic acids is 1. The van der Waals surface area contributed by atoms with Gasteiger partial charge in [0, 0.05) is 11.4 Å². The van der Waals surface area contributed by atoms with Gasteiger partial charge in [0.25, 0.3) is 0 Å². The molecule has 108 valence electrons. The first kappa shape index (κ1) is 15.8. The van der Waals surface area contributed by atoms with Crippen LogP contribution in [0.1, 0.15) is 10.9 Å². The maximum atomic E-state index is 11.9. The van der Waals surface area contributed by atoms with Gasteiger partial charge in [0.2, 0.25) is 0 Å². The minimum absolute atomic E-state index is 0.0587. The van der Waals surface area contributed by atoms with E-state index in [1.54, 1.807) is 5.32 Å². The molecule has 0 saturated heterocycles. The molecule has 1 unspecified atom stereocenters. The molecule has 1 rings (SSSR count). The molecule has 1 heterocycles. The molecule has 19 heavy (non-hydrogen) atoms. The third-order valence-electron chi connectivity index (χ3n) is 2.40. The van der Waals surface area contributed by atoms with Gasteiger partial charge in [0.1, 0.15) is 6.54 Å². The summed E-state index contributed by atoms with van der Waals surface area (Å²) in [6.45, 7) is -1.08. The van der Waals surface area contributed by atoms with Gasteiger partial charge < -0.3 is 15.5 Å². The first-order valence-corrected chi connectivity index (χ1v) is 6.46. The van der Waals surface area contributed by atoms with E-state index in [0.29, 0.717) is 0 Å². The van der Waals surface area contributed by atoms with Crippen molar-refractivity contribution >= 4 is 17.4 Å². The summed E-state index contributed by atoms with van der Waals surface area (Å²) >= 11 is 1.54. The molecule has 4 nitrogen and oxygen atoms in total. The number of halogens is 3. The molecular weight excluding hydrogens is 279 g/mol. The van der Waals surface area contributed by atoms with Gasteiger partial charge in [0.15, 0.2) is 0 Å². The van der Waals surface area contributed by atoms with Crippen LogP contribution in [0.25, 0.3) is 0 Å². The molecule has 8 heteroatoms. The van der Waals surface area contributed by atoms with Crippen molar-refractivity contribution in [2.45, 2.75) is 12.2 Å². The fourth-order valence-corrected chi connectivity index (χ4v) is 2.37. The van der Waals surface area contributed by atoms with Gasteiger partial charge in [-0.3, -0.25) is 0 Å². The van der Waals surface area contributed by atoms with Crippen LogP contribution in [0.2, 0.25) is 0 Å². The van der Waals surface area contributed by atoms with Crippen LogP contribution < -0.4 is 10.6 Å². The van der Waals surface area contributed by atoms with Crippen LogP contribution >= 0.6 is 11.3 Å². The summed E-state index contributed by atoms with van der Waals surface area (Å²) in [5.41, 5.74) is 0. The summed E-state index contributed by atoms with van der Waals surface area (Å²) in [5, 5.41) is 6.12. The van der Waals surface area contributed by atoms with Gasteiger partial charge in [-0.05, 0) is 25.5 Å². The van der Waals surface area contributed by atoms with E-state index in [1.165, 1.54) is 11.3 Å². The molecule has 1 aromatic heterocycles. The normalized spacial score (nSPS) is 13.4. The van der Waals surface area contributed by atoms with Crippen molar-refractivity contribution in [2.24, 2.45) is 0 Å². The lowest BCUT2D eigenvalue weighted by Crippen LogP contribution is -2.43. The van der Waals surface area contributed by atoms with E-state index in [4.69, 9.17) is 0 Å². The maximum absolute atomic E-state index is 11.9. The number of thiophene rings is 1. The first-order chi connectivity index (χ1) is 8.79. The van der Waals surface area contributed by atoms with Crippen molar-refractivity contribution in [3.8, 4) is 0 Å². The highest BCUT2D eigenvalue weighted by Crippen LogP contribution is 2.22. The van der Waals surface area contributed by atoms with Crippen molar-refractivity contribution in [3.63, 3.8) is 0 Å². The van der Waals surface area contributed by atoms with Crippen LogP contribution in [0.3, 0.4) is 0 Å². The number of hydrogen-bond acceptors (Lipinski definition) is 3. The van der Waals surface area contributed by atoms with Crippen LogP contribution in [-0.2, 0) is 0 Å². The van der Waals surface area contributed by atoms with Gasteiger partial charge in [-0.2, -0.15) is 13.2 Å². The molecule has 0 spiro atoms. The fourth-order valence-electron chi connectivity index (χ4n) is 1.45. The second-order valence-corrected chi connectivity index (χ2v) is 5.15. The summed E-state index contributed by atoms with van der Waals surface area (Å²) in [4.78, 5) is 14.2. The van der Waals surface area contributed by atoms with Crippen LogP contribution in [-0.4, -0.2) is 44.3 Å². The molecule has 0 aliphatic carbocycles. The molecule has 0 fully saturated rings. The minimum atomic E-state index is -4.40. The predicted molar refractivity (Wildman–Crippen MR) is 68.2 cm³/mol. The zero-order chi connectivity index (χ0) is 14.5. The number of nitrogens with zero attached hydrogens (tertiary/aromatic N) is 1. The number of urea groups is 1. The van der Waals surface area contributed by atoms with Crippen molar-refractivity contribution in [2.75, 3.05) is 27.2 Å². The van der Waals surface area contributed by atoms with Crippen LogP contribution in [0.4, 0.5) is 18.0 Å². The third-order valence-corrected chi connectivity index (χ3v) is 3.37. The number of rotatable bonds is 5. The Kier molecular flexibility index (Phi) is 5.61. The highest BCUT2D eigenvalue weighted by molar-refractivity contribution is 7.10. The monoisotopic (exact) mass is 295 g/mol. The zero-order valence-corrected chi connectivity index (χ0v) is 11.4. The van der Waals surface area contributed by atoms with Gasteiger partial charge in [-0.15, -0.1) is 11.3 Å². The van der Waals surface area contributed by atoms with E-state index in [1.807, 2.05) is 36.5 Å². The van der Waals surface area contributed by atoms with Crippen LogP contribution in [0.15, 0.2) is 17.5 Å². The van der Waals surface area contributed by atoms with Crippen LogP contribution in [0, 0.1) is 0 Å². The average Bonchev–Trinajstić information content (AvgIpc) is 2.78. The van der Waals surface area contributed by atoms with E-state index in [-0.39, 0.29) is 12.6 Å². The van der Waals surface area contributed by atoms with E-state index >= 15 is 0 Å². The average molecular weight is 295 g/mol. The van der Waals surface area contributed by atoms with E-state index < -0.39 is 18.8 Å². The lowest BCUT2D eigenvalue weighted by molar-refractivity contribution is -0.122. The molecule has 0 aliphatic heterocycles. The van der Waals surface area contributed by atoms with Crippen molar-refractivity contribution in [1.82, 2.24) is 15.5 Å². The number of nitrogens with one attached hydrogen (secondary N) is 2. The fraction of sp³-hybridized carbons (Fsp3) is 0.545. The Hall–Kier alpha value is -1.28.